The lowest BCUT2D eigenvalue weighted by atomic mass is 10.1. The first-order chi connectivity index (χ1) is 15.1. The number of nitrogens with one attached hydrogen (secondary N) is 1. The van der Waals surface area contributed by atoms with Crippen molar-refractivity contribution < 1.29 is 18.9 Å². The van der Waals surface area contributed by atoms with Crippen molar-refractivity contribution in [3.8, 4) is 34.3 Å². The SMILES string of the molecule is COc1ccc(-c2ccc3nc(Nc4cccc5c4OC(N)O5)ncc3n2)cc1OC. The quantitative estimate of drug-likeness (QED) is 0.504. The second-order valence-corrected chi connectivity index (χ2v) is 6.73. The van der Waals surface area contributed by atoms with E-state index in [4.69, 9.17) is 24.7 Å². The maximum atomic E-state index is 5.69. The lowest BCUT2D eigenvalue weighted by molar-refractivity contribution is 0.0565. The van der Waals surface area contributed by atoms with E-state index < -0.39 is 6.41 Å². The summed E-state index contributed by atoms with van der Waals surface area (Å²) in [6.45, 7) is 0. The van der Waals surface area contributed by atoms with Crippen LogP contribution in [0.3, 0.4) is 0 Å². The fourth-order valence-electron chi connectivity index (χ4n) is 3.35. The van der Waals surface area contributed by atoms with E-state index in [1.165, 1.54) is 0 Å². The van der Waals surface area contributed by atoms with Crippen LogP contribution in [-0.4, -0.2) is 35.6 Å². The lowest BCUT2D eigenvalue weighted by Crippen LogP contribution is -2.28. The first-order valence-corrected chi connectivity index (χ1v) is 9.50. The summed E-state index contributed by atoms with van der Waals surface area (Å²) in [4.78, 5) is 13.6. The number of methoxy groups -OCH3 is 2. The Kier molecular flexibility index (Phi) is 4.64. The topological polar surface area (TPSA) is 114 Å². The molecule has 2 aromatic carbocycles. The molecule has 0 fully saturated rings. The fraction of sp³-hybridized carbons (Fsp3) is 0.136. The van der Waals surface area contributed by atoms with Crippen LogP contribution >= 0.6 is 0 Å². The van der Waals surface area contributed by atoms with Crippen LogP contribution < -0.4 is 30.0 Å². The second-order valence-electron chi connectivity index (χ2n) is 6.73. The predicted octanol–water partition coefficient (Wildman–Crippen LogP) is 3.47. The molecule has 1 aliphatic heterocycles. The van der Waals surface area contributed by atoms with Crippen LogP contribution in [0.15, 0.2) is 54.7 Å². The van der Waals surface area contributed by atoms with Crippen molar-refractivity contribution in [1.82, 2.24) is 15.0 Å². The molecule has 0 spiro atoms. The third-order valence-electron chi connectivity index (χ3n) is 4.82. The fourth-order valence-corrected chi connectivity index (χ4v) is 3.35. The third-order valence-corrected chi connectivity index (χ3v) is 4.82. The standard InChI is InChI=1S/C22H19N5O4/c1-28-17-9-6-12(10-19(17)29-2)13-7-8-14-16(25-13)11-24-22(26-14)27-15-4-3-5-18-20(15)31-21(23)30-18/h3-11,21H,23H2,1-2H3,(H,24,26,27). The summed E-state index contributed by atoms with van der Waals surface area (Å²) < 4.78 is 21.6. The van der Waals surface area contributed by atoms with E-state index >= 15 is 0 Å². The molecule has 3 heterocycles. The monoisotopic (exact) mass is 417 g/mol. The average molecular weight is 417 g/mol. The van der Waals surface area contributed by atoms with E-state index in [1.807, 2.05) is 42.5 Å². The summed E-state index contributed by atoms with van der Waals surface area (Å²) in [6.07, 6.45) is 0.843. The summed E-state index contributed by atoms with van der Waals surface area (Å²) in [5.74, 6) is 2.80. The van der Waals surface area contributed by atoms with Gasteiger partial charge >= 0.3 is 0 Å². The molecule has 0 aliphatic carbocycles. The molecular formula is C22H19N5O4. The number of para-hydroxylation sites is 1. The highest BCUT2D eigenvalue weighted by Crippen LogP contribution is 2.41. The number of benzene rings is 2. The van der Waals surface area contributed by atoms with Crippen LogP contribution in [0.4, 0.5) is 11.6 Å². The third kappa shape index (κ3) is 3.51. The van der Waals surface area contributed by atoms with Crippen molar-refractivity contribution in [2.45, 2.75) is 6.41 Å². The summed E-state index contributed by atoms with van der Waals surface area (Å²) in [5, 5.41) is 3.15. The Bertz CT molecular complexity index is 1280. The van der Waals surface area contributed by atoms with Gasteiger partial charge in [-0.1, -0.05) is 6.07 Å². The Morgan fingerprint density at radius 2 is 1.81 bits per heavy atom. The molecule has 1 aliphatic rings. The average Bonchev–Trinajstić information content (AvgIpc) is 3.19. The zero-order chi connectivity index (χ0) is 21.4. The Labute approximate surface area is 177 Å². The van der Waals surface area contributed by atoms with Gasteiger partial charge in [-0.3, -0.25) is 5.73 Å². The van der Waals surface area contributed by atoms with Crippen molar-refractivity contribution in [2.75, 3.05) is 19.5 Å². The van der Waals surface area contributed by atoms with Gasteiger partial charge < -0.3 is 24.3 Å². The summed E-state index contributed by atoms with van der Waals surface area (Å²) >= 11 is 0. The summed E-state index contributed by atoms with van der Waals surface area (Å²) in [5.41, 5.74) is 9.39. The molecule has 2 aromatic heterocycles. The maximum Gasteiger partial charge on any atom is 0.300 e. The number of ether oxygens (including phenoxy) is 4. The molecule has 1 unspecified atom stereocenters. The second kappa shape index (κ2) is 7.62. The van der Waals surface area contributed by atoms with Gasteiger partial charge in [0.05, 0.1) is 37.3 Å². The van der Waals surface area contributed by atoms with Gasteiger partial charge in [-0.05, 0) is 42.5 Å². The number of nitrogens with two attached hydrogens (primary N) is 1. The highest BCUT2D eigenvalue weighted by molar-refractivity contribution is 5.79. The van der Waals surface area contributed by atoms with Gasteiger partial charge in [-0.25, -0.2) is 15.0 Å². The Morgan fingerprint density at radius 1 is 0.935 bits per heavy atom. The van der Waals surface area contributed by atoms with Crippen molar-refractivity contribution in [3.05, 3.63) is 54.7 Å². The summed E-state index contributed by atoms with van der Waals surface area (Å²) in [6, 6.07) is 14.9. The number of anilines is 2. The van der Waals surface area contributed by atoms with E-state index in [1.54, 1.807) is 26.5 Å². The zero-order valence-electron chi connectivity index (χ0n) is 16.8. The first-order valence-electron chi connectivity index (χ1n) is 9.50. The van der Waals surface area contributed by atoms with Crippen LogP contribution in [0.5, 0.6) is 23.0 Å². The molecule has 0 bridgehead atoms. The molecule has 156 valence electrons. The molecule has 9 nitrogen and oxygen atoms in total. The number of fused-ring (bicyclic) bond motifs is 2. The first kappa shape index (κ1) is 18.9. The molecule has 4 aromatic rings. The molecule has 0 saturated heterocycles. The maximum absolute atomic E-state index is 5.69. The minimum atomic E-state index is -0.824. The molecule has 31 heavy (non-hydrogen) atoms. The number of hydrogen-bond acceptors (Lipinski definition) is 9. The van der Waals surface area contributed by atoms with Crippen molar-refractivity contribution >= 4 is 22.7 Å². The lowest BCUT2D eigenvalue weighted by Gasteiger charge is -2.10. The van der Waals surface area contributed by atoms with Crippen LogP contribution in [0.2, 0.25) is 0 Å². The van der Waals surface area contributed by atoms with E-state index in [2.05, 4.69) is 20.3 Å². The molecule has 0 amide bonds. The highest BCUT2D eigenvalue weighted by Gasteiger charge is 2.24. The van der Waals surface area contributed by atoms with Gasteiger partial charge in [0.15, 0.2) is 23.0 Å². The molecule has 0 radical (unpaired) electrons. The Hall–Kier alpha value is -4.11. The molecule has 5 rings (SSSR count). The van der Waals surface area contributed by atoms with Crippen LogP contribution in [0.1, 0.15) is 0 Å². The van der Waals surface area contributed by atoms with E-state index in [9.17, 15) is 0 Å². The van der Waals surface area contributed by atoms with E-state index in [-0.39, 0.29) is 0 Å². The van der Waals surface area contributed by atoms with Crippen LogP contribution in [0.25, 0.3) is 22.3 Å². The van der Waals surface area contributed by atoms with Gasteiger partial charge in [-0.2, -0.15) is 0 Å². The number of aromatic nitrogens is 3. The predicted molar refractivity (Wildman–Crippen MR) is 115 cm³/mol. The molecule has 1 atom stereocenters. The van der Waals surface area contributed by atoms with Gasteiger partial charge in [0.1, 0.15) is 5.52 Å². The number of hydrogen-bond donors (Lipinski definition) is 2. The van der Waals surface area contributed by atoms with Crippen molar-refractivity contribution in [2.24, 2.45) is 5.73 Å². The minimum absolute atomic E-state index is 0.408. The van der Waals surface area contributed by atoms with Crippen LogP contribution in [-0.2, 0) is 0 Å². The van der Waals surface area contributed by atoms with Gasteiger partial charge in [-0.15, -0.1) is 0 Å². The van der Waals surface area contributed by atoms with E-state index in [0.29, 0.717) is 45.7 Å². The highest BCUT2D eigenvalue weighted by atomic mass is 16.7. The molecular weight excluding hydrogens is 398 g/mol. The Balaban J connectivity index is 1.44. The smallest absolute Gasteiger partial charge is 0.300 e. The molecule has 0 saturated carbocycles. The van der Waals surface area contributed by atoms with Crippen molar-refractivity contribution in [3.63, 3.8) is 0 Å². The zero-order valence-corrected chi connectivity index (χ0v) is 16.8. The van der Waals surface area contributed by atoms with E-state index in [0.717, 1.165) is 11.3 Å². The van der Waals surface area contributed by atoms with Gasteiger partial charge in [0.2, 0.25) is 5.95 Å². The number of rotatable bonds is 5. The van der Waals surface area contributed by atoms with Crippen molar-refractivity contribution in [1.29, 1.82) is 0 Å². The normalized spacial score (nSPS) is 14.5. The largest absolute Gasteiger partial charge is 0.493 e. The number of pyridine rings is 1. The Morgan fingerprint density at radius 3 is 2.65 bits per heavy atom. The molecule has 3 N–H and O–H groups in total. The number of nitrogens with zero attached hydrogens (tertiary/aromatic N) is 3. The van der Waals surface area contributed by atoms with Crippen LogP contribution in [0, 0.1) is 0 Å². The molecule has 9 heteroatoms. The van der Waals surface area contributed by atoms with Gasteiger partial charge in [0.25, 0.3) is 6.41 Å². The minimum Gasteiger partial charge on any atom is -0.493 e. The summed E-state index contributed by atoms with van der Waals surface area (Å²) in [7, 11) is 3.21. The van der Waals surface area contributed by atoms with Gasteiger partial charge in [0, 0.05) is 5.56 Å².